The zero-order chi connectivity index (χ0) is 19.2. The highest BCUT2D eigenvalue weighted by Crippen LogP contribution is 2.26. The van der Waals surface area contributed by atoms with E-state index in [1.54, 1.807) is 12.1 Å². The van der Waals surface area contributed by atoms with E-state index in [-0.39, 0.29) is 12.4 Å². The number of likely N-dealkylation sites (N-methyl/N-ethyl adjacent to an activating group) is 1. The summed E-state index contributed by atoms with van der Waals surface area (Å²) in [7, 11) is 0. The maximum absolute atomic E-state index is 13.2. The van der Waals surface area contributed by atoms with Crippen LogP contribution in [0.4, 0.5) is 4.39 Å². The average Bonchev–Trinajstić information content (AvgIpc) is 2.60. The third-order valence-electron chi connectivity index (χ3n) is 4.92. The maximum Gasteiger partial charge on any atom is 0.317 e. The Hall–Kier alpha value is -2.44. The van der Waals surface area contributed by atoms with Gasteiger partial charge in [0.15, 0.2) is 0 Å². The number of benzene rings is 2. The summed E-state index contributed by atoms with van der Waals surface area (Å²) < 4.78 is 18.8. The van der Waals surface area contributed by atoms with Crippen molar-refractivity contribution in [1.82, 2.24) is 10.2 Å². The molecule has 144 valence electrons. The van der Waals surface area contributed by atoms with Crippen LogP contribution >= 0.6 is 0 Å². The molecule has 0 amide bonds. The first-order valence-corrected chi connectivity index (χ1v) is 9.25. The highest BCUT2D eigenvalue weighted by molar-refractivity contribution is 5.69. The molecule has 0 unspecified atom stereocenters. The molecule has 1 fully saturated rings. The number of carboxylic acid groups (broad SMARTS) is 1. The van der Waals surface area contributed by atoms with Gasteiger partial charge in [0, 0.05) is 24.7 Å². The van der Waals surface area contributed by atoms with E-state index < -0.39 is 5.97 Å². The minimum Gasteiger partial charge on any atom is -0.480 e. The van der Waals surface area contributed by atoms with Crippen molar-refractivity contribution in [3.05, 3.63) is 59.9 Å². The van der Waals surface area contributed by atoms with Gasteiger partial charge in [0.1, 0.15) is 17.3 Å². The highest BCUT2D eigenvalue weighted by Gasteiger charge is 2.33. The van der Waals surface area contributed by atoms with Crippen LogP contribution in [0.1, 0.15) is 25.3 Å². The predicted octanol–water partition coefficient (Wildman–Crippen LogP) is 3.65. The number of nitrogens with one attached hydrogen (secondary N) is 1. The molecule has 0 spiro atoms. The molecule has 1 aliphatic rings. The Labute approximate surface area is 158 Å². The Morgan fingerprint density at radius 3 is 2.59 bits per heavy atom. The van der Waals surface area contributed by atoms with Gasteiger partial charge in [-0.1, -0.05) is 25.1 Å². The average molecular weight is 372 g/mol. The number of carboxylic acids is 1. The van der Waals surface area contributed by atoms with Crippen LogP contribution in [0.3, 0.4) is 0 Å². The molecule has 2 aromatic carbocycles. The molecule has 0 saturated heterocycles. The molecule has 0 bridgehead atoms. The van der Waals surface area contributed by atoms with Crippen LogP contribution in [0.15, 0.2) is 48.5 Å². The summed E-state index contributed by atoms with van der Waals surface area (Å²) in [6.45, 7) is 3.62. The minimum absolute atomic E-state index is 0.112. The van der Waals surface area contributed by atoms with Crippen molar-refractivity contribution in [2.75, 3.05) is 13.1 Å². The molecule has 1 aliphatic carbocycles. The molecule has 0 aliphatic heterocycles. The fourth-order valence-electron chi connectivity index (χ4n) is 3.33. The van der Waals surface area contributed by atoms with Gasteiger partial charge in [0.25, 0.3) is 0 Å². The van der Waals surface area contributed by atoms with Crippen molar-refractivity contribution in [2.24, 2.45) is 0 Å². The molecular weight excluding hydrogens is 347 g/mol. The molecule has 3 rings (SSSR count). The molecule has 2 aromatic rings. The summed E-state index contributed by atoms with van der Waals surface area (Å²) >= 11 is 0. The van der Waals surface area contributed by atoms with E-state index >= 15 is 0 Å². The van der Waals surface area contributed by atoms with E-state index in [0.29, 0.717) is 23.6 Å². The Bertz CT molecular complexity index is 760. The number of halogens is 1. The fraction of sp³-hybridized carbons (Fsp3) is 0.381. The summed E-state index contributed by atoms with van der Waals surface area (Å²) in [5.41, 5.74) is 1.14. The molecule has 0 atom stereocenters. The van der Waals surface area contributed by atoms with E-state index in [1.807, 2.05) is 36.1 Å². The second kappa shape index (κ2) is 8.97. The van der Waals surface area contributed by atoms with Crippen LogP contribution < -0.4 is 10.1 Å². The molecule has 2 N–H and O–H groups in total. The van der Waals surface area contributed by atoms with E-state index in [4.69, 9.17) is 9.84 Å². The van der Waals surface area contributed by atoms with Crippen LogP contribution in [0, 0.1) is 5.82 Å². The monoisotopic (exact) mass is 372 g/mol. The molecule has 0 radical (unpaired) electrons. The van der Waals surface area contributed by atoms with Crippen molar-refractivity contribution >= 4 is 5.97 Å². The van der Waals surface area contributed by atoms with Crippen molar-refractivity contribution < 1.29 is 19.0 Å². The van der Waals surface area contributed by atoms with Gasteiger partial charge < -0.3 is 15.2 Å². The van der Waals surface area contributed by atoms with E-state index in [0.717, 1.165) is 31.5 Å². The summed E-state index contributed by atoms with van der Waals surface area (Å²) in [5.74, 6) is 0.0504. The number of hydrogen-bond donors (Lipinski definition) is 2. The number of nitrogens with zero attached hydrogens (tertiary/aromatic N) is 1. The topological polar surface area (TPSA) is 61.8 Å². The number of carbonyl (C=O) groups is 1. The SMILES string of the molecule is CCN(CC(=O)O)C1CC(NCc2ccc(Oc3cccc(F)c3)cc2)C1. The fourth-order valence-corrected chi connectivity index (χ4v) is 3.33. The van der Waals surface area contributed by atoms with Crippen molar-refractivity contribution in [3.8, 4) is 11.5 Å². The Kier molecular flexibility index (Phi) is 6.42. The van der Waals surface area contributed by atoms with E-state index in [1.165, 1.54) is 12.1 Å². The van der Waals surface area contributed by atoms with Crippen LogP contribution in [0.2, 0.25) is 0 Å². The molecule has 27 heavy (non-hydrogen) atoms. The van der Waals surface area contributed by atoms with Gasteiger partial charge >= 0.3 is 5.97 Å². The zero-order valence-corrected chi connectivity index (χ0v) is 15.4. The lowest BCUT2D eigenvalue weighted by molar-refractivity contribution is -0.139. The quantitative estimate of drug-likeness (QED) is 0.704. The highest BCUT2D eigenvalue weighted by atomic mass is 19.1. The summed E-state index contributed by atoms with van der Waals surface area (Å²) in [4.78, 5) is 12.9. The van der Waals surface area contributed by atoms with Gasteiger partial charge in [0.2, 0.25) is 0 Å². The molecule has 1 saturated carbocycles. The van der Waals surface area contributed by atoms with Gasteiger partial charge in [-0.3, -0.25) is 9.69 Å². The van der Waals surface area contributed by atoms with Gasteiger partial charge in [-0.05, 0) is 49.2 Å². The lowest BCUT2D eigenvalue weighted by Gasteiger charge is -2.42. The summed E-state index contributed by atoms with van der Waals surface area (Å²) in [6.07, 6.45) is 1.95. The standard InChI is InChI=1S/C21H25FN2O3/c1-2-24(14-21(25)26)18-11-17(12-18)23-13-15-6-8-19(9-7-15)27-20-5-3-4-16(22)10-20/h3-10,17-18,23H,2,11-14H2,1H3,(H,25,26). The van der Waals surface area contributed by atoms with Crippen molar-refractivity contribution in [3.63, 3.8) is 0 Å². The Morgan fingerprint density at radius 1 is 1.22 bits per heavy atom. The van der Waals surface area contributed by atoms with Gasteiger partial charge in [-0.15, -0.1) is 0 Å². The summed E-state index contributed by atoms with van der Waals surface area (Å²) in [5, 5.41) is 12.5. The predicted molar refractivity (Wildman–Crippen MR) is 101 cm³/mol. The first kappa shape index (κ1) is 19.3. The molecule has 6 heteroatoms. The number of rotatable bonds is 9. The number of aliphatic carboxylic acids is 1. The van der Waals surface area contributed by atoms with Crippen molar-refractivity contribution in [2.45, 2.75) is 38.4 Å². The lowest BCUT2D eigenvalue weighted by Crippen LogP contribution is -2.53. The zero-order valence-electron chi connectivity index (χ0n) is 15.4. The smallest absolute Gasteiger partial charge is 0.317 e. The second-order valence-corrected chi connectivity index (χ2v) is 6.86. The molecular formula is C21H25FN2O3. The second-order valence-electron chi connectivity index (χ2n) is 6.86. The van der Waals surface area contributed by atoms with Gasteiger partial charge in [-0.25, -0.2) is 4.39 Å². The van der Waals surface area contributed by atoms with Gasteiger partial charge in [0.05, 0.1) is 6.54 Å². The van der Waals surface area contributed by atoms with Crippen LogP contribution in [0.25, 0.3) is 0 Å². The number of hydrogen-bond acceptors (Lipinski definition) is 4. The minimum atomic E-state index is -0.770. The van der Waals surface area contributed by atoms with E-state index in [9.17, 15) is 9.18 Å². The summed E-state index contributed by atoms with van der Waals surface area (Å²) in [6, 6.07) is 14.6. The van der Waals surface area contributed by atoms with Crippen LogP contribution in [-0.4, -0.2) is 41.1 Å². The number of ether oxygens (including phenoxy) is 1. The third kappa shape index (κ3) is 5.52. The molecule has 5 nitrogen and oxygen atoms in total. The lowest BCUT2D eigenvalue weighted by atomic mass is 9.85. The molecule has 0 heterocycles. The van der Waals surface area contributed by atoms with E-state index in [2.05, 4.69) is 5.32 Å². The van der Waals surface area contributed by atoms with Crippen LogP contribution in [0.5, 0.6) is 11.5 Å². The molecule has 0 aromatic heterocycles. The Morgan fingerprint density at radius 2 is 1.96 bits per heavy atom. The first-order valence-electron chi connectivity index (χ1n) is 9.25. The van der Waals surface area contributed by atoms with Crippen LogP contribution in [-0.2, 0) is 11.3 Å². The van der Waals surface area contributed by atoms with Crippen molar-refractivity contribution in [1.29, 1.82) is 0 Å². The maximum atomic E-state index is 13.2. The normalized spacial score (nSPS) is 18.9. The first-order chi connectivity index (χ1) is 13.0. The van der Waals surface area contributed by atoms with Gasteiger partial charge in [-0.2, -0.15) is 0 Å². The largest absolute Gasteiger partial charge is 0.480 e. The third-order valence-corrected chi connectivity index (χ3v) is 4.92. The Balaban J connectivity index is 1.43.